The third-order valence-electron chi connectivity index (χ3n) is 3.38. The van der Waals surface area contributed by atoms with Crippen LogP contribution in [0.4, 0.5) is 0 Å². The molecule has 0 aromatic rings. The summed E-state index contributed by atoms with van der Waals surface area (Å²) >= 11 is 0. The smallest absolute Gasteiger partial charge is 0.234 e. The second kappa shape index (κ2) is 8.21. The molecule has 0 aliphatic heterocycles. The van der Waals surface area contributed by atoms with Crippen LogP contribution >= 0.6 is 0 Å². The van der Waals surface area contributed by atoms with E-state index >= 15 is 0 Å². The van der Waals surface area contributed by atoms with Gasteiger partial charge in [-0.3, -0.25) is 9.59 Å². The first-order valence-electron chi connectivity index (χ1n) is 7.26. The Labute approximate surface area is 121 Å². The van der Waals surface area contributed by atoms with Crippen molar-refractivity contribution in [3.63, 3.8) is 0 Å². The predicted octanol–water partition coefficient (Wildman–Crippen LogP) is -0.347. The number of amides is 2. The van der Waals surface area contributed by atoms with Gasteiger partial charge in [0.2, 0.25) is 11.8 Å². The second-order valence-corrected chi connectivity index (χ2v) is 6.11. The molecule has 20 heavy (non-hydrogen) atoms. The third kappa shape index (κ3) is 6.34. The summed E-state index contributed by atoms with van der Waals surface area (Å²) in [5.41, 5.74) is 0. The molecule has 0 heterocycles. The lowest BCUT2D eigenvalue weighted by Crippen LogP contribution is -2.55. The van der Waals surface area contributed by atoms with Gasteiger partial charge >= 0.3 is 0 Å². The molecule has 2 amide bonds. The highest BCUT2D eigenvalue weighted by atomic mass is 16.2. The first-order chi connectivity index (χ1) is 9.38. The van der Waals surface area contributed by atoms with E-state index in [9.17, 15) is 9.59 Å². The molecule has 2 atom stereocenters. The molecular weight excluding hydrogens is 256 g/mol. The Kier molecular flexibility index (Phi) is 6.95. The Morgan fingerprint density at radius 1 is 0.850 bits per heavy atom. The van der Waals surface area contributed by atoms with Crippen molar-refractivity contribution < 1.29 is 9.59 Å². The number of hydrogen-bond acceptors (Lipinski definition) is 4. The number of nitrogens with one attached hydrogen (secondary N) is 2. The molecule has 2 N–H and O–H groups in total. The maximum absolute atomic E-state index is 11.9. The quantitative estimate of drug-likeness (QED) is 0.700. The van der Waals surface area contributed by atoms with E-state index in [2.05, 4.69) is 10.6 Å². The van der Waals surface area contributed by atoms with Crippen molar-refractivity contribution in [1.82, 2.24) is 20.4 Å². The maximum Gasteiger partial charge on any atom is 0.234 e. The van der Waals surface area contributed by atoms with Crippen molar-refractivity contribution in [1.29, 1.82) is 0 Å². The summed E-state index contributed by atoms with van der Waals surface area (Å²) in [6.07, 6.45) is 4.08. The van der Waals surface area contributed by atoms with Crippen molar-refractivity contribution in [3.05, 3.63) is 0 Å². The molecule has 1 aliphatic carbocycles. The molecule has 0 bridgehead atoms. The average molecular weight is 284 g/mol. The van der Waals surface area contributed by atoms with E-state index in [0.29, 0.717) is 13.1 Å². The minimum Gasteiger partial charge on any atom is -0.350 e. The highest BCUT2D eigenvalue weighted by Gasteiger charge is 2.27. The zero-order valence-corrected chi connectivity index (χ0v) is 13.1. The van der Waals surface area contributed by atoms with Gasteiger partial charge < -0.3 is 20.4 Å². The molecule has 0 aromatic carbocycles. The van der Waals surface area contributed by atoms with Gasteiger partial charge in [-0.25, -0.2) is 0 Å². The highest BCUT2D eigenvalue weighted by molar-refractivity contribution is 5.79. The summed E-state index contributed by atoms with van der Waals surface area (Å²) in [6.45, 7) is 0.768. The Balaban J connectivity index is 2.49. The van der Waals surface area contributed by atoms with Gasteiger partial charge in [0, 0.05) is 12.1 Å². The molecule has 0 unspecified atom stereocenters. The van der Waals surface area contributed by atoms with Gasteiger partial charge in [-0.1, -0.05) is 12.8 Å². The normalized spacial score (nSPS) is 22.9. The fourth-order valence-corrected chi connectivity index (χ4v) is 2.56. The van der Waals surface area contributed by atoms with Crippen LogP contribution in [-0.4, -0.2) is 75.0 Å². The molecule has 1 rings (SSSR count). The zero-order valence-electron chi connectivity index (χ0n) is 13.1. The lowest BCUT2D eigenvalue weighted by atomic mass is 9.90. The van der Waals surface area contributed by atoms with E-state index in [1.165, 1.54) is 0 Å². The van der Waals surface area contributed by atoms with Crippen LogP contribution in [0.5, 0.6) is 0 Å². The molecule has 116 valence electrons. The SMILES string of the molecule is CN(C)CC(=O)N[C@H]1CCCC[C@@H]1NC(=O)CN(C)C. The Morgan fingerprint density at radius 2 is 1.20 bits per heavy atom. The summed E-state index contributed by atoms with van der Waals surface area (Å²) in [6, 6.07) is 0.115. The van der Waals surface area contributed by atoms with Gasteiger partial charge in [-0.05, 0) is 41.0 Å². The fraction of sp³-hybridized carbons (Fsp3) is 0.857. The largest absolute Gasteiger partial charge is 0.350 e. The molecule has 1 saturated carbocycles. The standard InChI is InChI=1S/C14H28N4O2/c1-17(2)9-13(19)15-11-7-5-6-8-12(11)16-14(20)10-18(3)4/h11-12H,5-10H2,1-4H3,(H,15,19)(H,16,20)/t11-,12-/m0/s1. The maximum atomic E-state index is 11.9. The van der Waals surface area contributed by atoms with Crippen molar-refractivity contribution >= 4 is 11.8 Å². The summed E-state index contributed by atoms with van der Waals surface area (Å²) in [7, 11) is 7.49. The molecule has 1 aliphatic rings. The van der Waals surface area contributed by atoms with Gasteiger partial charge in [0.15, 0.2) is 0 Å². The lowest BCUT2D eigenvalue weighted by Gasteiger charge is -2.33. The van der Waals surface area contributed by atoms with E-state index in [-0.39, 0.29) is 23.9 Å². The summed E-state index contributed by atoms with van der Waals surface area (Å²) in [4.78, 5) is 27.4. The monoisotopic (exact) mass is 284 g/mol. The molecule has 0 saturated heterocycles. The van der Waals surface area contributed by atoms with Crippen molar-refractivity contribution in [3.8, 4) is 0 Å². The van der Waals surface area contributed by atoms with Gasteiger partial charge in [-0.15, -0.1) is 0 Å². The minimum atomic E-state index is 0.0220. The van der Waals surface area contributed by atoms with Crippen LogP contribution in [0.15, 0.2) is 0 Å². The summed E-state index contributed by atoms with van der Waals surface area (Å²) < 4.78 is 0. The first-order valence-corrected chi connectivity index (χ1v) is 7.26. The number of nitrogens with zero attached hydrogens (tertiary/aromatic N) is 2. The molecule has 1 fully saturated rings. The highest BCUT2D eigenvalue weighted by Crippen LogP contribution is 2.18. The van der Waals surface area contributed by atoms with Crippen molar-refractivity contribution in [2.75, 3.05) is 41.3 Å². The molecule has 0 aromatic heterocycles. The van der Waals surface area contributed by atoms with Crippen LogP contribution in [0.3, 0.4) is 0 Å². The molecule has 0 radical (unpaired) electrons. The lowest BCUT2D eigenvalue weighted by molar-refractivity contribution is -0.125. The second-order valence-electron chi connectivity index (χ2n) is 6.11. The summed E-state index contributed by atoms with van der Waals surface area (Å²) in [5, 5.41) is 6.10. The Hall–Kier alpha value is -1.14. The topological polar surface area (TPSA) is 64.7 Å². The number of carbonyl (C=O) groups is 2. The number of rotatable bonds is 6. The Morgan fingerprint density at radius 3 is 1.50 bits per heavy atom. The summed E-state index contributed by atoms with van der Waals surface area (Å²) in [5.74, 6) is 0.0440. The molecule has 6 heteroatoms. The van der Waals surface area contributed by atoms with Crippen LogP contribution in [0.25, 0.3) is 0 Å². The van der Waals surface area contributed by atoms with Gasteiger partial charge in [0.05, 0.1) is 13.1 Å². The van der Waals surface area contributed by atoms with Crippen LogP contribution < -0.4 is 10.6 Å². The van der Waals surface area contributed by atoms with Crippen LogP contribution in [0.1, 0.15) is 25.7 Å². The van der Waals surface area contributed by atoms with E-state index in [0.717, 1.165) is 25.7 Å². The molecular formula is C14H28N4O2. The number of likely N-dealkylation sites (N-methyl/N-ethyl adjacent to an activating group) is 2. The van der Waals surface area contributed by atoms with Crippen molar-refractivity contribution in [2.45, 2.75) is 37.8 Å². The third-order valence-corrected chi connectivity index (χ3v) is 3.38. The van der Waals surface area contributed by atoms with Crippen LogP contribution in [0.2, 0.25) is 0 Å². The van der Waals surface area contributed by atoms with Gasteiger partial charge in [0.1, 0.15) is 0 Å². The van der Waals surface area contributed by atoms with E-state index in [1.807, 2.05) is 38.0 Å². The Bertz CT molecular complexity index is 299. The van der Waals surface area contributed by atoms with Crippen molar-refractivity contribution in [2.24, 2.45) is 0 Å². The predicted molar refractivity (Wildman–Crippen MR) is 79.4 cm³/mol. The molecule has 0 spiro atoms. The number of carbonyl (C=O) groups excluding carboxylic acids is 2. The minimum absolute atomic E-state index is 0.0220. The first kappa shape index (κ1) is 16.9. The van der Waals surface area contributed by atoms with E-state index in [1.54, 1.807) is 0 Å². The van der Waals surface area contributed by atoms with Gasteiger partial charge in [-0.2, -0.15) is 0 Å². The van der Waals surface area contributed by atoms with Gasteiger partial charge in [0.25, 0.3) is 0 Å². The zero-order chi connectivity index (χ0) is 15.1. The number of hydrogen-bond donors (Lipinski definition) is 2. The van der Waals surface area contributed by atoms with E-state index < -0.39 is 0 Å². The average Bonchev–Trinajstić information content (AvgIpc) is 2.29. The molecule has 6 nitrogen and oxygen atoms in total. The van der Waals surface area contributed by atoms with Crippen LogP contribution in [0, 0.1) is 0 Å². The van der Waals surface area contributed by atoms with Crippen LogP contribution in [-0.2, 0) is 9.59 Å². The fourth-order valence-electron chi connectivity index (χ4n) is 2.56. The van der Waals surface area contributed by atoms with E-state index in [4.69, 9.17) is 0 Å².